The van der Waals surface area contributed by atoms with Crippen molar-refractivity contribution in [3.63, 3.8) is 0 Å². The summed E-state index contributed by atoms with van der Waals surface area (Å²) in [5, 5.41) is 2.12. The third kappa shape index (κ3) is 2.64. The molecule has 1 aliphatic heterocycles. The smallest absolute Gasteiger partial charge is 0.415 e. The number of fused-ring (bicyclic) bond motifs is 1. The van der Waals surface area contributed by atoms with Gasteiger partial charge in [-0.1, -0.05) is 0 Å². The van der Waals surface area contributed by atoms with Crippen molar-refractivity contribution in [2.45, 2.75) is 18.6 Å². The summed E-state index contributed by atoms with van der Waals surface area (Å²) in [6.07, 6.45) is -4.84. The van der Waals surface area contributed by atoms with Gasteiger partial charge in [-0.3, -0.25) is 4.79 Å². The van der Waals surface area contributed by atoms with Crippen LogP contribution in [-0.2, 0) is 4.79 Å². The summed E-state index contributed by atoms with van der Waals surface area (Å²) in [7, 11) is 0. The summed E-state index contributed by atoms with van der Waals surface area (Å²) in [4.78, 5) is 11.6. The van der Waals surface area contributed by atoms with Crippen LogP contribution in [0, 0.1) is 0 Å². The van der Waals surface area contributed by atoms with Crippen molar-refractivity contribution in [1.82, 2.24) is 0 Å². The van der Waals surface area contributed by atoms with E-state index in [9.17, 15) is 18.0 Å². The van der Waals surface area contributed by atoms with Gasteiger partial charge in [0.2, 0.25) is 0 Å². The zero-order valence-corrected chi connectivity index (χ0v) is 10.6. The molecule has 20 heavy (non-hydrogen) atoms. The van der Waals surface area contributed by atoms with Gasteiger partial charge in [0.05, 0.1) is 0 Å². The first kappa shape index (κ1) is 14.4. The molecule has 0 aromatic heterocycles. The molecule has 0 aliphatic carbocycles. The van der Waals surface area contributed by atoms with E-state index in [0.29, 0.717) is 31.6 Å². The Labute approximate surface area is 112 Å². The fourth-order valence-corrected chi connectivity index (χ4v) is 1.51. The van der Waals surface area contributed by atoms with E-state index >= 15 is 0 Å². The summed E-state index contributed by atoms with van der Waals surface area (Å²) in [6.45, 7) is 1.34. The molecule has 1 heterocycles. The van der Waals surface area contributed by atoms with Crippen molar-refractivity contribution in [3.8, 4) is 11.5 Å². The molecule has 5 nitrogen and oxygen atoms in total. The highest BCUT2D eigenvalue weighted by molar-refractivity contribution is 5.98. The lowest BCUT2D eigenvalue weighted by Crippen LogP contribution is -2.59. The molecule has 0 saturated heterocycles. The van der Waals surface area contributed by atoms with Gasteiger partial charge in [-0.05, 0) is 19.1 Å². The fourth-order valence-electron chi connectivity index (χ4n) is 1.51. The van der Waals surface area contributed by atoms with Gasteiger partial charge in [0.1, 0.15) is 13.2 Å². The van der Waals surface area contributed by atoms with Crippen LogP contribution >= 0.6 is 0 Å². The van der Waals surface area contributed by atoms with E-state index in [4.69, 9.17) is 15.2 Å². The molecule has 8 heteroatoms. The Morgan fingerprint density at radius 1 is 1.25 bits per heavy atom. The lowest BCUT2D eigenvalue weighted by atomic mass is 10.0. The predicted molar refractivity (Wildman–Crippen MR) is 64.7 cm³/mol. The predicted octanol–water partition coefficient (Wildman–Crippen LogP) is 1.68. The molecule has 2 rings (SSSR count). The monoisotopic (exact) mass is 290 g/mol. The first-order valence-electron chi connectivity index (χ1n) is 5.78. The summed E-state index contributed by atoms with van der Waals surface area (Å²) in [6, 6.07) is 4.31. The quantitative estimate of drug-likeness (QED) is 0.869. The van der Waals surface area contributed by atoms with Crippen LogP contribution in [0.2, 0.25) is 0 Å². The van der Waals surface area contributed by atoms with Crippen LogP contribution < -0.4 is 20.5 Å². The Balaban J connectivity index is 2.16. The second-order valence-corrected chi connectivity index (χ2v) is 4.51. The lowest BCUT2D eigenvalue weighted by Gasteiger charge is -2.26. The van der Waals surface area contributed by atoms with Crippen LogP contribution in [-0.4, -0.2) is 30.8 Å². The number of benzene rings is 1. The second kappa shape index (κ2) is 4.86. The molecule has 1 aromatic carbocycles. The highest BCUT2D eigenvalue weighted by atomic mass is 19.4. The van der Waals surface area contributed by atoms with Gasteiger partial charge in [-0.15, -0.1) is 0 Å². The van der Waals surface area contributed by atoms with E-state index in [0.717, 1.165) is 0 Å². The summed E-state index contributed by atoms with van der Waals surface area (Å²) in [5.74, 6) is -0.512. The summed E-state index contributed by atoms with van der Waals surface area (Å²) < 4.78 is 48.4. The van der Waals surface area contributed by atoms with E-state index < -0.39 is 17.6 Å². The van der Waals surface area contributed by atoms with Crippen LogP contribution in [0.5, 0.6) is 11.5 Å². The minimum absolute atomic E-state index is 0.153. The minimum Gasteiger partial charge on any atom is -0.486 e. The number of carbonyl (C=O) groups is 1. The molecular weight excluding hydrogens is 277 g/mol. The van der Waals surface area contributed by atoms with Crippen molar-refractivity contribution in [2.24, 2.45) is 5.73 Å². The molecule has 1 unspecified atom stereocenters. The summed E-state index contributed by atoms with van der Waals surface area (Å²) in [5.41, 5.74) is 2.21. The standard InChI is InChI=1S/C12H13F3N2O3/c1-11(16,12(13,14)15)10(18)17-7-2-3-8-9(6-7)20-5-4-19-8/h2-3,6H,4-5,16H2,1H3,(H,17,18). The minimum atomic E-state index is -4.84. The Bertz CT molecular complexity index is 529. The third-order valence-corrected chi connectivity index (χ3v) is 2.86. The van der Waals surface area contributed by atoms with Crippen LogP contribution in [0.4, 0.5) is 18.9 Å². The average Bonchev–Trinajstić information content (AvgIpc) is 2.37. The number of halogens is 3. The van der Waals surface area contributed by atoms with Gasteiger partial charge in [0.25, 0.3) is 5.91 Å². The Morgan fingerprint density at radius 2 is 1.85 bits per heavy atom. The van der Waals surface area contributed by atoms with Gasteiger partial charge in [-0.2, -0.15) is 13.2 Å². The number of carbonyl (C=O) groups excluding carboxylic acids is 1. The highest BCUT2D eigenvalue weighted by Crippen LogP contribution is 2.34. The zero-order chi connectivity index (χ0) is 15.0. The van der Waals surface area contributed by atoms with E-state index in [1.807, 2.05) is 0 Å². The van der Waals surface area contributed by atoms with Crippen LogP contribution in [0.3, 0.4) is 0 Å². The number of nitrogens with two attached hydrogens (primary N) is 1. The number of amides is 1. The van der Waals surface area contributed by atoms with Gasteiger partial charge in [0, 0.05) is 11.8 Å². The first-order chi connectivity index (χ1) is 9.22. The number of alkyl halides is 3. The van der Waals surface area contributed by atoms with Crippen molar-refractivity contribution in [1.29, 1.82) is 0 Å². The van der Waals surface area contributed by atoms with Crippen molar-refractivity contribution in [3.05, 3.63) is 18.2 Å². The molecule has 110 valence electrons. The molecule has 0 bridgehead atoms. The van der Waals surface area contributed by atoms with Crippen LogP contribution in [0.1, 0.15) is 6.92 Å². The van der Waals surface area contributed by atoms with E-state index in [1.165, 1.54) is 18.2 Å². The Kier molecular flexibility index (Phi) is 3.51. The topological polar surface area (TPSA) is 73.6 Å². The van der Waals surface area contributed by atoms with E-state index in [2.05, 4.69) is 5.32 Å². The molecule has 0 fully saturated rings. The van der Waals surface area contributed by atoms with Crippen molar-refractivity contribution in [2.75, 3.05) is 18.5 Å². The van der Waals surface area contributed by atoms with Crippen LogP contribution in [0.25, 0.3) is 0 Å². The maximum absolute atomic E-state index is 12.6. The van der Waals surface area contributed by atoms with Gasteiger partial charge in [-0.25, -0.2) is 0 Å². The molecule has 1 aromatic rings. The number of nitrogens with one attached hydrogen (secondary N) is 1. The number of anilines is 1. The number of hydrogen-bond donors (Lipinski definition) is 2. The maximum Gasteiger partial charge on any atom is 0.415 e. The third-order valence-electron chi connectivity index (χ3n) is 2.86. The molecule has 0 saturated carbocycles. The molecule has 1 amide bonds. The van der Waals surface area contributed by atoms with Gasteiger partial charge < -0.3 is 20.5 Å². The normalized spacial score (nSPS) is 17.2. The maximum atomic E-state index is 12.6. The van der Waals surface area contributed by atoms with E-state index in [1.54, 1.807) is 0 Å². The second-order valence-electron chi connectivity index (χ2n) is 4.51. The average molecular weight is 290 g/mol. The molecule has 0 spiro atoms. The number of hydrogen-bond acceptors (Lipinski definition) is 4. The number of rotatable bonds is 2. The Hall–Kier alpha value is -1.96. The molecule has 3 N–H and O–H groups in total. The van der Waals surface area contributed by atoms with E-state index in [-0.39, 0.29) is 5.69 Å². The van der Waals surface area contributed by atoms with Gasteiger partial charge >= 0.3 is 6.18 Å². The molecule has 0 radical (unpaired) electrons. The summed E-state index contributed by atoms with van der Waals surface area (Å²) >= 11 is 0. The number of ether oxygens (including phenoxy) is 2. The van der Waals surface area contributed by atoms with Crippen LogP contribution in [0.15, 0.2) is 18.2 Å². The van der Waals surface area contributed by atoms with Gasteiger partial charge in [0.15, 0.2) is 17.0 Å². The SMILES string of the molecule is CC(N)(C(=O)Nc1ccc2c(c1)OCCO2)C(F)(F)F. The first-order valence-corrected chi connectivity index (χ1v) is 5.78. The Morgan fingerprint density at radius 3 is 2.45 bits per heavy atom. The fraction of sp³-hybridized carbons (Fsp3) is 0.417. The van der Waals surface area contributed by atoms with Crippen molar-refractivity contribution < 1.29 is 27.4 Å². The zero-order valence-electron chi connectivity index (χ0n) is 10.6. The van der Waals surface area contributed by atoms with Crippen molar-refractivity contribution >= 4 is 11.6 Å². The lowest BCUT2D eigenvalue weighted by molar-refractivity contribution is -0.184. The largest absolute Gasteiger partial charge is 0.486 e. The molecule has 1 atom stereocenters. The molecular formula is C12H13F3N2O3. The molecule has 1 aliphatic rings. The highest BCUT2D eigenvalue weighted by Gasteiger charge is 2.54.